The van der Waals surface area contributed by atoms with Crippen LogP contribution >= 0.6 is 0 Å². The molecule has 2 aromatic rings. The van der Waals surface area contributed by atoms with E-state index in [1.165, 1.54) is 19.3 Å². The molecule has 2 aromatic carbocycles. The van der Waals surface area contributed by atoms with Crippen LogP contribution in [0.2, 0.25) is 0 Å². The summed E-state index contributed by atoms with van der Waals surface area (Å²) in [6.07, 6.45) is 4.62. The normalized spacial score (nSPS) is 15.6. The second kappa shape index (κ2) is 12.7. The second-order valence-electron chi connectivity index (χ2n) is 9.85. The summed E-state index contributed by atoms with van der Waals surface area (Å²) in [6.45, 7) is 7.88. The van der Waals surface area contributed by atoms with Gasteiger partial charge in [-0.25, -0.2) is 0 Å². The number of aryl methyl sites for hydroxylation is 2. The third-order valence-corrected chi connectivity index (χ3v) is 6.91. The molecular weight excluding hydrogens is 470 g/mol. The van der Waals surface area contributed by atoms with E-state index in [0.717, 1.165) is 30.8 Å². The van der Waals surface area contributed by atoms with Gasteiger partial charge in [-0.3, -0.25) is 14.4 Å². The van der Waals surface area contributed by atoms with E-state index in [1.54, 1.807) is 23.1 Å². The molecule has 0 bridgehead atoms. The summed E-state index contributed by atoms with van der Waals surface area (Å²) in [5, 5.41) is 2.99. The molecule has 2 amide bonds. The number of carbonyl (C=O) groups is 3. The molecule has 8 nitrogen and oxygen atoms in total. The SMILES string of the molecule is Cc1ccc(C)c(OCC(=O)c2ccc3c(c2)N(CCCC(=O)NCCN2CCCCC2)C(=O)CO3)c1. The van der Waals surface area contributed by atoms with E-state index in [9.17, 15) is 14.4 Å². The number of piperidine rings is 1. The molecule has 198 valence electrons. The fourth-order valence-electron chi connectivity index (χ4n) is 4.73. The lowest BCUT2D eigenvalue weighted by Crippen LogP contribution is -2.40. The topological polar surface area (TPSA) is 88.2 Å². The number of hydrogen-bond acceptors (Lipinski definition) is 6. The molecule has 8 heteroatoms. The van der Waals surface area contributed by atoms with Crippen molar-refractivity contribution in [2.75, 3.05) is 50.8 Å². The third-order valence-electron chi connectivity index (χ3n) is 6.91. The number of hydrogen-bond donors (Lipinski definition) is 1. The monoisotopic (exact) mass is 507 g/mol. The maximum absolute atomic E-state index is 12.9. The molecule has 1 fully saturated rings. The Morgan fingerprint density at radius 1 is 1.03 bits per heavy atom. The molecule has 0 saturated carbocycles. The molecule has 1 N–H and O–H groups in total. The zero-order chi connectivity index (χ0) is 26.2. The van der Waals surface area contributed by atoms with Gasteiger partial charge < -0.3 is 24.6 Å². The van der Waals surface area contributed by atoms with Crippen LogP contribution in [-0.4, -0.2) is 68.4 Å². The van der Waals surface area contributed by atoms with Gasteiger partial charge in [-0.15, -0.1) is 0 Å². The van der Waals surface area contributed by atoms with Crippen molar-refractivity contribution in [2.45, 2.75) is 46.0 Å². The van der Waals surface area contributed by atoms with Crippen molar-refractivity contribution < 1.29 is 23.9 Å². The van der Waals surface area contributed by atoms with E-state index >= 15 is 0 Å². The first kappa shape index (κ1) is 26.7. The van der Waals surface area contributed by atoms with Gasteiger partial charge >= 0.3 is 0 Å². The highest BCUT2D eigenvalue weighted by atomic mass is 16.5. The average Bonchev–Trinajstić information content (AvgIpc) is 2.90. The maximum Gasteiger partial charge on any atom is 0.265 e. The molecular formula is C29H37N3O5. The lowest BCUT2D eigenvalue weighted by atomic mass is 10.1. The van der Waals surface area contributed by atoms with Gasteiger partial charge in [0.2, 0.25) is 5.91 Å². The molecule has 0 unspecified atom stereocenters. The Kier molecular flexibility index (Phi) is 9.17. The van der Waals surface area contributed by atoms with Crippen molar-refractivity contribution in [2.24, 2.45) is 0 Å². The number of nitrogens with zero attached hydrogens (tertiary/aromatic N) is 2. The quantitative estimate of drug-likeness (QED) is 0.467. The van der Waals surface area contributed by atoms with Gasteiger partial charge in [0.1, 0.15) is 11.5 Å². The fraction of sp³-hybridized carbons (Fsp3) is 0.483. The number of Topliss-reactive ketones (excluding diaryl/α,β-unsaturated/α-hetero) is 1. The van der Waals surface area contributed by atoms with Crippen LogP contribution in [0.4, 0.5) is 5.69 Å². The molecule has 0 aliphatic carbocycles. The first-order chi connectivity index (χ1) is 17.9. The average molecular weight is 508 g/mol. The third kappa shape index (κ3) is 7.32. The highest BCUT2D eigenvalue weighted by Gasteiger charge is 2.26. The number of carbonyl (C=O) groups excluding carboxylic acids is 3. The molecule has 2 aliphatic rings. The summed E-state index contributed by atoms with van der Waals surface area (Å²) in [4.78, 5) is 41.8. The second-order valence-corrected chi connectivity index (χ2v) is 9.85. The summed E-state index contributed by atoms with van der Waals surface area (Å²) >= 11 is 0. The number of ketones is 1. The lowest BCUT2D eigenvalue weighted by Gasteiger charge is -2.29. The zero-order valence-corrected chi connectivity index (χ0v) is 21.9. The summed E-state index contributed by atoms with van der Waals surface area (Å²) in [5.41, 5.74) is 3.02. The van der Waals surface area contributed by atoms with Crippen molar-refractivity contribution in [1.82, 2.24) is 10.2 Å². The predicted molar refractivity (Wildman–Crippen MR) is 143 cm³/mol. The summed E-state index contributed by atoms with van der Waals surface area (Å²) < 4.78 is 11.4. The number of ether oxygens (including phenoxy) is 2. The number of likely N-dealkylation sites (tertiary alicyclic amines) is 1. The first-order valence-electron chi connectivity index (χ1n) is 13.2. The minimum absolute atomic E-state index is 0.00883. The molecule has 4 rings (SSSR count). The van der Waals surface area contributed by atoms with Crippen LogP contribution in [0.5, 0.6) is 11.5 Å². The van der Waals surface area contributed by atoms with Gasteiger partial charge in [-0.05, 0) is 81.6 Å². The molecule has 0 aromatic heterocycles. The highest BCUT2D eigenvalue weighted by molar-refractivity contribution is 6.02. The summed E-state index contributed by atoms with van der Waals surface area (Å²) in [6, 6.07) is 11.0. The molecule has 2 heterocycles. The maximum atomic E-state index is 12.9. The smallest absolute Gasteiger partial charge is 0.265 e. The molecule has 0 radical (unpaired) electrons. The minimum atomic E-state index is -0.186. The van der Waals surface area contributed by atoms with E-state index in [-0.39, 0.29) is 30.8 Å². The van der Waals surface area contributed by atoms with E-state index in [0.29, 0.717) is 48.7 Å². The van der Waals surface area contributed by atoms with Crippen LogP contribution in [0.1, 0.15) is 53.6 Å². The van der Waals surface area contributed by atoms with Gasteiger partial charge in [0.05, 0.1) is 5.69 Å². The largest absolute Gasteiger partial charge is 0.485 e. The van der Waals surface area contributed by atoms with Gasteiger partial charge in [0.25, 0.3) is 5.91 Å². The van der Waals surface area contributed by atoms with Crippen LogP contribution in [0, 0.1) is 13.8 Å². The molecule has 0 atom stereocenters. The van der Waals surface area contributed by atoms with Gasteiger partial charge in [-0.2, -0.15) is 0 Å². The number of nitrogens with one attached hydrogen (secondary N) is 1. The van der Waals surface area contributed by atoms with Gasteiger partial charge in [0.15, 0.2) is 19.0 Å². The van der Waals surface area contributed by atoms with E-state index in [2.05, 4.69) is 10.2 Å². The predicted octanol–water partition coefficient (Wildman–Crippen LogP) is 3.67. The first-order valence-corrected chi connectivity index (χ1v) is 13.2. The van der Waals surface area contributed by atoms with E-state index in [1.807, 2.05) is 32.0 Å². The van der Waals surface area contributed by atoms with Crippen molar-refractivity contribution in [3.63, 3.8) is 0 Å². The number of benzene rings is 2. The lowest BCUT2D eigenvalue weighted by molar-refractivity contribution is -0.122. The number of anilines is 1. The van der Waals surface area contributed by atoms with Gasteiger partial charge in [-0.1, -0.05) is 18.6 Å². The molecule has 1 saturated heterocycles. The zero-order valence-electron chi connectivity index (χ0n) is 21.9. The Labute approximate surface area is 218 Å². The van der Waals surface area contributed by atoms with Crippen LogP contribution in [0.3, 0.4) is 0 Å². The fourth-order valence-corrected chi connectivity index (χ4v) is 4.73. The summed E-state index contributed by atoms with van der Waals surface area (Å²) in [7, 11) is 0. The summed E-state index contributed by atoms with van der Waals surface area (Å²) in [5.74, 6) is 0.854. The highest BCUT2D eigenvalue weighted by Crippen LogP contribution is 2.33. The Morgan fingerprint density at radius 2 is 1.84 bits per heavy atom. The minimum Gasteiger partial charge on any atom is -0.485 e. The Bertz CT molecular complexity index is 1130. The number of fused-ring (bicyclic) bond motifs is 1. The van der Waals surface area contributed by atoms with Crippen molar-refractivity contribution >= 4 is 23.3 Å². The molecule has 2 aliphatic heterocycles. The number of rotatable bonds is 11. The molecule has 37 heavy (non-hydrogen) atoms. The van der Waals surface area contributed by atoms with Crippen LogP contribution in [0.15, 0.2) is 36.4 Å². The number of amides is 2. The van der Waals surface area contributed by atoms with E-state index < -0.39 is 0 Å². The Morgan fingerprint density at radius 3 is 2.65 bits per heavy atom. The van der Waals surface area contributed by atoms with Crippen molar-refractivity contribution in [1.29, 1.82) is 0 Å². The van der Waals surface area contributed by atoms with Crippen molar-refractivity contribution in [3.05, 3.63) is 53.1 Å². The standard InChI is InChI=1S/C29H37N3O5/c1-21-8-9-22(2)27(17-21)36-19-25(33)23-10-11-26-24(18-23)32(29(35)20-37-26)15-6-7-28(34)30-12-16-31-13-4-3-5-14-31/h8-11,17-18H,3-7,12-16,19-20H2,1-2H3,(H,30,34). The Balaban J connectivity index is 1.30. The van der Waals surface area contributed by atoms with Crippen LogP contribution < -0.4 is 19.7 Å². The van der Waals surface area contributed by atoms with Gasteiger partial charge in [0, 0.05) is 31.6 Å². The van der Waals surface area contributed by atoms with Crippen LogP contribution in [-0.2, 0) is 9.59 Å². The van der Waals surface area contributed by atoms with Crippen molar-refractivity contribution in [3.8, 4) is 11.5 Å². The van der Waals surface area contributed by atoms with Crippen LogP contribution in [0.25, 0.3) is 0 Å². The van der Waals surface area contributed by atoms with E-state index in [4.69, 9.17) is 9.47 Å². The molecule has 0 spiro atoms. The Hall–Kier alpha value is -3.39.